The van der Waals surface area contributed by atoms with Crippen LogP contribution in [0.3, 0.4) is 0 Å². The minimum absolute atomic E-state index is 0.142. The summed E-state index contributed by atoms with van der Waals surface area (Å²) in [5, 5.41) is 14.2. The van der Waals surface area contributed by atoms with Gasteiger partial charge in [0.2, 0.25) is 6.79 Å². The van der Waals surface area contributed by atoms with Crippen molar-refractivity contribution >= 4 is 29.1 Å². The van der Waals surface area contributed by atoms with Crippen molar-refractivity contribution in [1.82, 2.24) is 5.32 Å². The number of anilines is 1. The van der Waals surface area contributed by atoms with Crippen LogP contribution in [0.15, 0.2) is 36.4 Å². The van der Waals surface area contributed by atoms with Crippen molar-refractivity contribution in [2.24, 2.45) is 0 Å². The lowest BCUT2D eigenvalue weighted by Gasteiger charge is -2.08. The molecule has 0 aliphatic carbocycles. The van der Waals surface area contributed by atoms with Gasteiger partial charge >= 0.3 is 11.8 Å². The lowest BCUT2D eigenvalue weighted by molar-refractivity contribution is -0.136. The molecule has 1 aliphatic rings. The molecule has 8 heteroatoms. The lowest BCUT2D eigenvalue weighted by atomic mass is 10.2. The van der Waals surface area contributed by atoms with Crippen LogP contribution in [-0.4, -0.2) is 18.6 Å². The van der Waals surface area contributed by atoms with Crippen LogP contribution in [0.2, 0.25) is 5.02 Å². The molecule has 2 amide bonds. The molecule has 7 nitrogen and oxygen atoms in total. The van der Waals surface area contributed by atoms with Gasteiger partial charge in [-0.05, 0) is 35.9 Å². The van der Waals surface area contributed by atoms with Gasteiger partial charge in [0.25, 0.3) is 0 Å². The number of carbonyl (C=O) groups excluding carboxylic acids is 2. The summed E-state index contributed by atoms with van der Waals surface area (Å²) in [7, 11) is 0. The Morgan fingerprint density at radius 3 is 2.72 bits per heavy atom. The number of fused-ring (bicyclic) bond motifs is 1. The van der Waals surface area contributed by atoms with Crippen molar-refractivity contribution < 1.29 is 19.1 Å². The molecule has 0 radical (unpaired) electrons. The topological polar surface area (TPSA) is 100 Å². The lowest BCUT2D eigenvalue weighted by Crippen LogP contribution is -2.35. The van der Waals surface area contributed by atoms with Gasteiger partial charge in [-0.3, -0.25) is 9.59 Å². The van der Waals surface area contributed by atoms with Gasteiger partial charge in [0.15, 0.2) is 11.5 Å². The van der Waals surface area contributed by atoms with E-state index >= 15 is 0 Å². The Bertz CT molecular complexity index is 892. The molecule has 2 aromatic carbocycles. The number of hydrogen-bond acceptors (Lipinski definition) is 5. The minimum atomic E-state index is -0.889. The van der Waals surface area contributed by atoms with Crippen LogP contribution in [0.5, 0.6) is 11.5 Å². The fourth-order valence-electron chi connectivity index (χ4n) is 2.21. The second-order valence-corrected chi connectivity index (χ2v) is 5.56. The molecular weight excluding hydrogens is 346 g/mol. The number of rotatable bonds is 3. The zero-order valence-corrected chi connectivity index (χ0v) is 13.6. The van der Waals surface area contributed by atoms with Crippen LogP contribution in [0, 0.1) is 11.3 Å². The molecule has 25 heavy (non-hydrogen) atoms. The molecule has 0 unspecified atom stereocenters. The monoisotopic (exact) mass is 357 g/mol. The van der Waals surface area contributed by atoms with E-state index in [0.29, 0.717) is 16.5 Å². The number of hydrogen-bond donors (Lipinski definition) is 2. The van der Waals surface area contributed by atoms with Gasteiger partial charge in [-0.2, -0.15) is 5.26 Å². The maximum Gasteiger partial charge on any atom is 0.313 e. The molecule has 0 fully saturated rings. The van der Waals surface area contributed by atoms with E-state index in [2.05, 4.69) is 10.6 Å². The van der Waals surface area contributed by atoms with Gasteiger partial charge in [0, 0.05) is 11.6 Å². The van der Waals surface area contributed by atoms with E-state index in [4.69, 9.17) is 26.3 Å². The molecular formula is C17H12ClN3O4. The molecule has 2 N–H and O–H groups in total. The molecule has 1 heterocycles. The molecule has 1 aliphatic heterocycles. The smallest absolute Gasteiger partial charge is 0.313 e. The fourth-order valence-corrected chi connectivity index (χ4v) is 2.38. The number of nitriles is 1. The van der Waals surface area contributed by atoms with E-state index in [1.807, 2.05) is 6.07 Å². The van der Waals surface area contributed by atoms with Crippen LogP contribution < -0.4 is 20.1 Å². The summed E-state index contributed by atoms with van der Waals surface area (Å²) in [5.74, 6) is -0.493. The Labute approximate surface area is 148 Å². The van der Waals surface area contributed by atoms with Crippen LogP contribution >= 0.6 is 11.6 Å². The predicted molar refractivity (Wildman–Crippen MR) is 89.2 cm³/mol. The highest BCUT2D eigenvalue weighted by Crippen LogP contribution is 2.32. The second kappa shape index (κ2) is 7.11. The van der Waals surface area contributed by atoms with E-state index in [9.17, 15) is 9.59 Å². The highest BCUT2D eigenvalue weighted by molar-refractivity contribution is 6.40. The van der Waals surface area contributed by atoms with E-state index in [1.165, 1.54) is 18.2 Å². The average molecular weight is 358 g/mol. The summed E-state index contributed by atoms with van der Waals surface area (Å²) in [6.07, 6.45) is 0. The Balaban J connectivity index is 1.61. The van der Waals surface area contributed by atoms with Crippen LogP contribution in [0.25, 0.3) is 0 Å². The SMILES string of the molecule is N#Cc1ccc(Cl)cc1NC(=O)C(=O)NCc1ccc2c(c1)OCO2. The quantitative estimate of drug-likeness (QED) is 0.820. The largest absolute Gasteiger partial charge is 0.454 e. The minimum Gasteiger partial charge on any atom is -0.454 e. The molecule has 2 aromatic rings. The summed E-state index contributed by atoms with van der Waals surface area (Å²) in [4.78, 5) is 23.9. The molecule has 0 saturated carbocycles. The van der Waals surface area contributed by atoms with Gasteiger partial charge in [-0.25, -0.2) is 0 Å². The molecule has 0 bridgehead atoms. The fraction of sp³-hybridized carbons (Fsp3) is 0.118. The Kier molecular flexibility index (Phi) is 4.73. The summed E-state index contributed by atoms with van der Waals surface area (Å²) >= 11 is 5.84. The Hall–Kier alpha value is -3.24. The van der Waals surface area contributed by atoms with E-state index < -0.39 is 11.8 Å². The first-order valence-corrected chi connectivity index (χ1v) is 7.62. The van der Waals surface area contributed by atoms with Crippen LogP contribution in [0.1, 0.15) is 11.1 Å². The molecule has 0 aromatic heterocycles. The molecule has 3 rings (SSSR count). The van der Waals surface area contributed by atoms with Crippen LogP contribution in [-0.2, 0) is 16.1 Å². The van der Waals surface area contributed by atoms with Crippen LogP contribution in [0.4, 0.5) is 5.69 Å². The number of halogens is 1. The van der Waals surface area contributed by atoms with Gasteiger partial charge in [-0.1, -0.05) is 17.7 Å². The highest BCUT2D eigenvalue weighted by atomic mass is 35.5. The number of ether oxygens (including phenoxy) is 2. The van der Waals surface area contributed by atoms with E-state index in [1.54, 1.807) is 18.2 Å². The molecule has 126 valence electrons. The third kappa shape index (κ3) is 3.82. The maximum atomic E-state index is 12.0. The second-order valence-electron chi connectivity index (χ2n) is 5.13. The number of nitrogens with one attached hydrogen (secondary N) is 2. The number of benzene rings is 2. The van der Waals surface area contributed by atoms with Crippen molar-refractivity contribution in [2.75, 3.05) is 12.1 Å². The Morgan fingerprint density at radius 1 is 1.12 bits per heavy atom. The first-order valence-electron chi connectivity index (χ1n) is 7.24. The highest BCUT2D eigenvalue weighted by Gasteiger charge is 2.17. The third-order valence-corrected chi connectivity index (χ3v) is 3.68. The number of carbonyl (C=O) groups is 2. The van der Waals surface area contributed by atoms with Gasteiger partial charge in [0.05, 0.1) is 11.3 Å². The predicted octanol–water partition coefficient (Wildman–Crippen LogP) is 2.20. The third-order valence-electron chi connectivity index (χ3n) is 3.45. The molecule has 0 saturated heterocycles. The first-order chi connectivity index (χ1) is 12.1. The molecule has 0 spiro atoms. The summed E-state index contributed by atoms with van der Waals surface area (Å²) in [5.41, 5.74) is 1.14. The standard InChI is InChI=1S/C17H12ClN3O4/c18-12-3-2-11(7-19)13(6-12)21-17(23)16(22)20-8-10-1-4-14-15(5-10)25-9-24-14/h1-6H,8-9H2,(H,20,22)(H,21,23). The average Bonchev–Trinajstić information content (AvgIpc) is 3.07. The summed E-state index contributed by atoms with van der Waals surface area (Å²) in [6.45, 7) is 0.304. The first kappa shape index (κ1) is 16.6. The van der Waals surface area contributed by atoms with Gasteiger partial charge in [0.1, 0.15) is 6.07 Å². The van der Waals surface area contributed by atoms with Crippen molar-refractivity contribution in [2.45, 2.75) is 6.54 Å². The number of amides is 2. The van der Waals surface area contributed by atoms with Crippen molar-refractivity contribution in [3.8, 4) is 17.6 Å². The normalized spacial score (nSPS) is 11.5. The maximum absolute atomic E-state index is 12.0. The van der Waals surface area contributed by atoms with E-state index in [0.717, 1.165) is 5.56 Å². The van der Waals surface area contributed by atoms with Crippen molar-refractivity contribution in [1.29, 1.82) is 5.26 Å². The molecule has 0 atom stereocenters. The Morgan fingerprint density at radius 2 is 1.92 bits per heavy atom. The zero-order valence-electron chi connectivity index (χ0n) is 12.8. The summed E-state index contributed by atoms with van der Waals surface area (Å²) < 4.78 is 10.5. The van der Waals surface area contributed by atoms with Gasteiger partial charge in [-0.15, -0.1) is 0 Å². The number of nitrogens with zero attached hydrogens (tertiary/aromatic N) is 1. The zero-order chi connectivity index (χ0) is 17.8. The van der Waals surface area contributed by atoms with E-state index in [-0.39, 0.29) is 24.6 Å². The van der Waals surface area contributed by atoms with Gasteiger partial charge < -0.3 is 20.1 Å². The van der Waals surface area contributed by atoms with Crippen molar-refractivity contribution in [3.63, 3.8) is 0 Å². The summed E-state index contributed by atoms with van der Waals surface area (Å²) in [6, 6.07) is 11.5. The van der Waals surface area contributed by atoms with Crippen molar-refractivity contribution in [3.05, 3.63) is 52.5 Å².